The van der Waals surface area contributed by atoms with Crippen LogP contribution in [0.25, 0.3) is 10.9 Å². The number of hydrogen-bond donors (Lipinski definition) is 2. The van der Waals surface area contributed by atoms with Gasteiger partial charge in [0.2, 0.25) is 0 Å². The zero-order valence-corrected chi connectivity index (χ0v) is 11.9. The number of aryl methyl sites for hydroxylation is 1. The van der Waals surface area contributed by atoms with Crippen molar-refractivity contribution in [3.8, 4) is 5.75 Å². The average molecular weight is 302 g/mol. The first-order chi connectivity index (χ1) is 10.1. The predicted octanol–water partition coefficient (Wildman–Crippen LogP) is 3.18. The maximum Gasteiger partial charge on any atom is 0.276 e. The third-order valence-electron chi connectivity index (χ3n) is 3.17. The van der Waals surface area contributed by atoms with E-state index in [1.54, 1.807) is 17.8 Å². The molecule has 0 bridgehead atoms. The molecule has 1 amide bonds. The summed E-state index contributed by atoms with van der Waals surface area (Å²) in [7, 11) is 1.78. The van der Waals surface area contributed by atoms with E-state index in [2.05, 4.69) is 10.4 Å². The van der Waals surface area contributed by atoms with Crippen LogP contribution in [-0.2, 0) is 7.05 Å². The number of amides is 1. The molecule has 0 saturated carbocycles. The number of nitrogens with zero attached hydrogens (tertiary/aromatic N) is 2. The molecule has 0 atom stereocenters. The van der Waals surface area contributed by atoms with Gasteiger partial charge < -0.3 is 10.4 Å². The fraction of sp³-hybridized carbons (Fsp3) is 0.0667. The first-order valence-electron chi connectivity index (χ1n) is 6.28. The van der Waals surface area contributed by atoms with Gasteiger partial charge in [0.05, 0.1) is 16.2 Å². The number of aromatic hydroxyl groups is 1. The van der Waals surface area contributed by atoms with Crippen LogP contribution in [0, 0.1) is 0 Å². The fourth-order valence-electron chi connectivity index (χ4n) is 2.17. The molecule has 0 aliphatic heterocycles. The molecule has 1 heterocycles. The minimum atomic E-state index is -0.348. The predicted molar refractivity (Wildman–Crippen MR) is 81.8 cm³/mol. The number of halogens is 1. The van der Waals surface area contributed by atoms with Crippen molar-refractivity contribution in [3.05, 3.63) is 53.2 Å². The zero-order valence-electron chi connectivity index (χ0n) is 11.2. The number of phenolic OH excluding ortho intramolecular Hbond substituents is 1. The van der Waals surface area contributed by atoms with Crippen molar-refractivity contribution >= 4 is 34.1 Å². The van der Waals surface area contributed by atoms with E-state index in [1.165, 1.54) is 12.1 Å². The van der Waals surface area contributed by atoms with E-state index >= 15 is 0 Å². The Morgan fingerprint density at radius 1 is 1.29 bits per heavy atom. The van der Waals surface area contributed by atoms with Gasteiger partial charge in [-0.1, -0.05) is 29.8 Å². The van der Waals surface area contributed by atoms with Crippen molar-refractivity contribution < 1.29 is 9.90 Å². The molecule has 1 aromatic heterocycles. The van der Waals surface area contributed by atoms with Crippen LogP contribution in [0.2, 0.25) is 5.02 Å². The number of benzene rings is 2. The van der Waals surface area contributed by atoms with E-state index in [1.807, 2.05) is 24.3 Å². The molecule has 0 spiro atoms. The first kappa shape index (κ1) is 13.5. The Labute approximate surface area is 125 Å². The Balaban J connectivity index is 1.98. The second kappa shape index (κ2) is 5.10. The molecule has 0 radical (unpaired) electrons. The third kappa shape index (κ3) is 2.43. The monoisotopic (exact) mass is 301 g/mol. The molecule has 6 heteroatoms. The molecular formula is C15H12ClN3O2. The van der Waals surface area contributed by atoms with Crippen LogP contribution in [0.3, 0.4) is 0 Å². The molecule has 106 valence electrons. The van der Waals surface area contributed by atoms with Crippen LogP contribution in [-0.4, -0.2) is 20.8 Å². The van der Waals surface area contributed by atoms with E-state index in [4.69, 9.17) is 11.6 Å². The molecule has 0 aliphatic carbocycles. The number of anilines is 1. The van der Waals surface area contributed by atoms with Gasteiger partial charge in [0.1, 0.15) is 5.75 Å². The normalized spacial score (nSPS) is 10.8. The molecule has 21 heavy (non-hydrogen) atoms. The minimum absolute atomic E-state index is 0.0429. The van der Waals surface area contributed by atoms with Crippen LogP contribution < -0.4 is 5.32 Å². The first-order valence-corrected chi connectivity index (χ1v) is 6.65. The molecule has 0 unspecified atom stereocenters. The van der Waals surface area contributed by atoms with Gasteiger partial charge in [-0.2, -0.15) is 5.10 Å². The van der Waals surface area contributed by atoms with Gasteiger partial charge in [-0.15, -0.1) is 0 Å². The summed E-state index contributed by atoms with van der Waals surface area (Å²) in [5.74, 6) is -0.305. The lowest BCUT2D eigenvalue weighted by Crippen LogP contribution is -2.13. The van der Waals surface area contributed by atoms with Crippen LogP contribution >= 0.6 is 11.6 Å². The number of phenols is 1. The topological polar surface area (TPSA) is 67.2 Å². The molecular weight excluding hydrogens is 290 g/mol. The summed E-state index contributed by atoms with van der Waals surface area (Å²) in [5, 5.41) is 17.3. The lowest BCUT2D eigenvalue weighted by molar-refractivity contribution is 0.102. The van der Waals surface area contributed by atoms with Gasteiger partial charge in [0.15, 0.2) is 5.69 Å². The molecule has 0 fully saturated rings. The molecule has 5 nitrogen and oxygen atoms in total. The smallest absolute Gasteiger partial charge is 0.276 e. The maximum absolute atomic E-state index is 12.4. The largest absolute Gasteiger partial charge is 0.508 e. The van der Waals surface area contributed by atoms with E-state index in [9.17, 15) is 9.90 Å². The van der Waals surface area contributed by atoms with Crippen LogP contribution in [0.4, 0.5) is 5.69 Å². The number of carbonyl (C=O) groups excluding carboxylic acids is 1. The van der Waals surface area contributed by atoms with E-state index in [0.717, 1.165) is 10.9 Å². The summed E-state index contributed by atoms with van der Waals surface area (Å²) in [5.41, 5.74) is 1.63. The van der Waals surface area contributed by atoms with Gasteiger partial charge in [0.25, 0.3) is 5.91 Å². The molecule has 2 N–H and O–H groups in total. The van der Waals surface area contributed by atoms with Crippen molar-refractivity contribution in [3.63, 3.8) is 0 Å². The maximum atomic E-state index is 12.4. The second-order valence-electron chi connectivity index (χ2n) is 4.61. The second-order valence-corrected chi connectivity index (χ2v) is 5.01. The fourth-order valence-corrected chi connectivity index (χ4v) is 2.39. The summed E-state index contributed by atoms with van der Waals surface area (Å²) in [6.45, 7) is 0. The average Bonchev–Trinajstić information content (AvgIpc) is 2.80. The van der Waals surface area contributed by atoms with Crippen LogP contribution in [0.15, 0.2) is 42.5 Å². The van der Waals surface area contributed by atoms with Gasteiger partial charge in [-0.25, -0.2) is 0 Å². The van der Waals surface area contributed by atoms with Gasteiger partial charge >= 0.3 is 0 Å². The molecule has 0 saturated heterocycles. The van der Waals surface area contributed by atoms with Crippen LogP contribution in [0.1, 0.15) is 10.5 Å². The molecule has 0 aliphatic rings. The van der Waals surface area contributed by atoms with Crippen molar-refractivity contribution in [2.75, 3.05) is 5.32 Å². The highest BCUT2D eigenvalue weighted by Gasteiger charge is 2.16. The van der Waals surface area contributed by atoms with Gasteiger partial charge in [-0.05, 0) is 18.2 Å². The number of para-hydroxylation sites is 1. The highest BCUT2D eigenvalue weighted by molar-refractivity contribution is 6.34. The highest BCUT2D eigenvalue weighted by atomic mass is 35.5. The van der Waals surface area contributed by atoms with E-state index in [0.29, 0.717) is 11.4 Å². The number of nitrogens with one attached hydrogen (secondary N) is 1. The quantitative estimate of drug-likeness (QED) is 0.714. The lowest BCUT2D eigenvalue weighted by atomic mass is 10.2. The summed E-state index contributed by atoms with van der Waals surface area (Å²) in [6, 6.07) is 11.9. The highest BCUT2D eigenvalue weighted by Crippen LogP contribution is 2.27. The number of aromatic nitrogens is 2. The third-order valence-corrected chi connectivity index (χ3v) is 3.49. The molecule has 3 aromatic rings. The van der Waals surface area contributed by atoms with E-state index < -0.39 is 0 Å². The van der Waals surface area contributed by atoms with Gasteiger partial charge in [-0.3, -0.25) is 9.48 Å². The number of hydrogen-bond acceptors (Lipinski definition) is 3. The Morgan fingerprint density at radius 2 is 2.05 bits per heavy atom. The summed E-state index contributed by atoms with van der Waals surface area (Å²) < 4.78 is 1.66. The van der Waals surface area contributed by atoms with Crippen molar-refractivity contribution in [1.82, 2.24) is 9.78 Å². The van der Waals surface area contributed by atoms with Crippen molar-refractivity contribution in [2.24, 2.45) is 7.05 Å². The van der Waals surface area contributed by atoms with Crippen LogP contribution in [0.5, 0.6) is 5.75 Å². The van der Waals surface area contributed by atoms with Gasteiger partial charge in [0, 0.05) is 18.5 Å². The number of fused-ring (bicyclic) bond motifs is 1. The minimum Gasteiger partial charge on any atom is -0.508 e. The summed E-state index contributed by atoms with van der Waals surface area (Å²) in [6.07, 6.45) is 0. The van der Waals surface area contributed by atoms with Crippen molar-refractivity contribution in [2.45, 2.75) is 0 Å². The van der Waals surface area contributed by atoms with Crippen molar-refractivity contribution in [1.29, 1.82) is 0 Å². The summed E-state index contributed by atoms with van der Waals surface area (Å²) >= 11 is 5.98. The molecule has 3 rings (SSSR count). The number of carbonyl (C=O) groups is 1. The standard InChI is InChI=1S/C15H12ClN3O2/c1-19-13-5-3-2-4-10(13)14(18-19)15(21)17-12-7-6-9(20)8-11(12)16/h2-8,20H,1H3,(H,17,21). The Kier molecular flexibility index (Phi) is 3.27. The molecule has 2 aromatic carbocycles. The Morgan fingerprint density at radius 3 is 2.81 bits per heavy atom. The SMILES string of the molecule is Cn1nc(C(=O)Nc2ccc(O)cc2Cl)c2ccccc21. The Hall–Kier alpha value is -2.53. The zero-order chi connectivity index (χ0) is 15.0. The summed E-state index contributed by atoms with van der Waals surface area (Å²) in [4.78, 5) is 12.4. The number of rotatable bonds is 2. The van der Waals surface area contributed by atoms with E-state index in [-0.39, 0.29) is 16.7 Å². The lowest BCUT2D eigenvalue weighted by Gasteiger charge is -2.06. The Bertz CT molecular complexity index is 842.